The zero-order chi connectivity index (χ0) is 14.1. The third-order valence-electron chi connectivity index (χ3n) is 3.80. The van der Waals surface area contributed by atoms with Crippen molar-refractivity contribution in [2.75, 3.05) is 5.73 Å². The summed E-state index contributed by atoms with van der Waals surface area (Å²) in [6.45, 7) is 0. The summed E-state index contributed by atoms with van der Waals surface area (Å²) in [7, 11) is 0. The number of anilines is 1. The first-order valence-electron chi connectivity index (χ1n) is 6.76. The highest BCUT2D eigenvalue weighted by Crippen LogP contribution is 2.31. The molecule has 4 nitrogen and oxygen atoms in total. The molecule has 0 aliphatic heterocycles. The van der Waals surface area contributed by atoms with Crippen LogP contribution in [-0.4, -0.2) is 9.97 Å². The number of nitrogens with zero attached hydrogens (tertiary/aromatic N) is 1. The Labute approximate surface area is 125 Å². The van der Waals surface area contributed by atoms with Gasteiger partial charge in [0, 0.05) is 16.0 Å². The number of nitrogens with two attached hydrogens (primary N) is 1. The van der Waals surface area contributed by atoms with E-state index in [1.165, 1.54) is 5.56 Å². The van der Waals surface area contributed by atoms with Crippen molar-refractivity contribution in [2.45, 2.75) is 31.6 Å². The van der Waals surface area contributed by atoms with Gasteiger partial charge < -0.3 is 5.73 Å². The Bertz CT molecular complexity index is 696. The lowest BCUT2D eigenvalue weighted by Gasteiger charge is -2.24. The zero-order valence-corrected chi connectivity index (χ0v) is 12.6. The van der Waals surface area contributed by atoms with Crippen molar-refractivity contribution in [3.05, 3.63) is 55.9 Å². The van der Waals surface area contributed by atoms with Crippen molar-refractivity contribution in [1.82, 2.24) is 9.97 Å². The van der Waals surface area contributed by atoms with E-state index in [9.17, 15) is 4.79 Å². The zero-order valence-electron chi connectivity index (χ0n) is 11.0. The standard InChI is InChI=1S/C15H16BrN3O/c16-11-5-1-3-9(8-11)7-10-4-2-6-12-13(10)18-15(17)19-14(12)20/h1,3,5,8,10H,2,4,6-7H2,(H3,17,18,19,20)/t10-/m0/s1. The number of nitrogen functional groups attached to an aromatic ring is 1. The molecule has 1 atom stereocenters. The largest absolute Gasteiger partial charge is 0.369 e. The topological polar surface area (TPSA) is 71.8 Å². The molecule has 20 heavy (non-hydrogen) atoms. The van der Waals surface area contributed by atoms with Crippen LogP contribution in [0, 0.1) is 0 Å². The fraction of sp³-hybridized carbons (Fsp3) is 0.333. The molecule has 1 heterocycles. The number of hydrogen-bond donors (Lipinski definition) is 2. The first-order valence-corrected chi connectivity index (χ1v) is 7.56. The van der Waals surface area contributed by atoms with Crippen molar-refractivity contribution in [3.63, 3.8) is 0 Å². The van der Waals surface area contributed by atoms with Gasteiger partial charge in [0.1, 0.15) is 0 Å². The lowest BCUT2D eigenvalue weighted by atomic mass is 9.83. The average Bonchev–Trinajstić information content (AvgIpc) is 2.40. The Morgan fingerprint density at radius 2 is 2.30 bits per heavy atom. The molecule has 1 aliphatic rings. The molecule has 0 saturated carbocycles. The SMILES string of the molecule is Nc1nc2c(c(=O)[nH]1)CCC[C@H]2Cc1cccc(Br)c1. The number of aromatic nitrogens is 2. The van der Waals surface area contributed by atoms with Gasteiger partial charge in [0.25, 0.3) is 5.56 Å². The van der Waals surface area contributed by atoms with Crippen LogP contribution in [-0.2, 0) is 12.8 Å². The number of rotatable bonds is 2. The Kier molecular flexibility index (Phi) is 3.61. The van der Waals surface area contributed by atoms with Crippen molar-refractivity contribution in [2.24, 2.45) is 0 Å². The molecule has 3 rings (SSSR count). The Balaban J connectivity index is 1.96. The van der Waals surface area contributed by atoms with Gasteiger partial charge in [0.05, 0.1) is 5.69 Å². The van der Waals surface area contributed by atoms with Crippen LogP contribution in [0.1, 0.15) is 35.6 Å². The molecule has 0 bridgehead atoms. The van der Waals surface area contributed by atoms with E-state index in [2.05, 4.69) is 38.0 Å². The summed E-state index contributed by atoms with van der Waals surface area (Å²) in [5.41, 5.74) is 8.56. The molecular formula is C15H16BrN3O. The predicted molar refractivity (Wildman–Crippen MR) is 82.8 cm³/mol. The maximum absolute atomic E-state index is 12.0. The number of nitrogens with one attached hydrogen (secondary N) is 1. The molecule has 0 amide bonds. The van der Waals surface area contributed by atoms with Gasteiger partial charge in [0.15, 0.2) is 0 Å². The van der Waals surface area contributed by atoms with Crippen LogP contribution in [0.15, 0.2) is 33.5 Å². The van der Waals surface area contributed by atoms with Gasteiger partial charge in [-0.25, -0.2) is 4.98 Å². The van der Waals surface area contributed by atoms with E-state index in [4.69, 9.17) is 5.73 Å². The normalized spacial score (nSPS) is 17.8. The first-order chi connectivity index (χ1) is 9.63. The summed E-state index contributed by atoms with van der Waals surface area (Å²) >= 11 is 3.49. The number of benzene rings is 1. The van der Waals surface area contributed by atoms with Crippen LogP contribution >= 0.6 is 15.9 Å². The van der Waals surface area contributed by atoms with Crippen LogP contribution < -0.4 is 11.3 Å². The summed E-state index contributed by atoms with van der Waals surface area (Å²) in [4.78, 5) is 18.9. The van der Waals surface area contributed by atoms with Gasteiger partial charge in [-0.3, -0.25) is 9.78 Å². The molecule has 0 saturated heterocycles. The molecule has 0 fully saturated rings. The molecule has 3 N–H and O–H groups in total. The highest BCUT2D eigenvalue weighted by atomic mass is 79.9. The van der Waals surface area contributed by atoms with E-state index in [-0.39, 0.29) is 17.4 Å². The van der Waals surface area contributed by atoms with Crippen LogP contribution in [0.2, 0.25) is 0 Å². The minimum Gasteiger partial charge on any atom is -0.369 e. The second-order valence-corrected chi connectivity index (χ2v) is 6.15. The summed E-state index contributed by atoms with van der Waals surface area (Å²) in [6.07, 6.45) is 3.77. The molecule has 104 valence electrons. The van der Waals surface area contributed by atoms with E-state index in [0.29, 0.717) is 0 Å². The molecule has 0 spiro atoms. The predicted octanol–water partition coefficient (Wildman–Crippen LogP) is 2.78. The van der Waals surface area contributed by atoms with Crippen LogP contribution in [0.25, 0.3) is 0 Å². The van der Waals surface area contributed by atoms with E-state index < -0.39 is 0 Å². The maximum atomic E-state index is 12.0. The molecule has 1 aromatic carbocycles. The van der Waals surface area contributed by atoms with E-state index in [0.717, 1.165) is 41.4 Å². The third-order valence-corrected chi connectivity index (χ3v) is 4.30. The molecule has 0 radical (unpaired) electrons. The monoisotopic (exact) mass is 333 g/mol. The quantitative estimate of drug-likeness (QED) is 0.887. The number of halogens is 1. The highest BCUT2D eigenvalue weighted by molar-refractivity contribution is 9.10. The minimum atomic E-state index is -0.0774. The third kappa shape index (κ3) is 2.63. The van der Waals surface area contributed by atoms with Crippen molar-refractivity contribution >= 4 is 21.9 Å². The number of aromatic amines is 1. The molecule has 1 aromatic heterocycles. The van der Waals surface area contributed by atoms with Crippen LogP contribution in [0.5, 0.6) is 0 Å². The van der Waals surface area contributed by atoms with Crippen LogP contribution in [0.4, 0.5) is 5.95 Å². The van der Waals surface area contributed by atoms with Gasteiger partial charge in [-0.2, -0.15) is 0 Å². The number of hydrogen-bond acceptors (Lipinski definition) is 3. The van der Waals surface area contributed by atoms with E-state index >= 15 is 0 Å². The molecule has 2 aromatic rings. The lowest BCUT2D eigenvalue weighted by molar-refractivity contribution is 0.530. The molecule has 5 heteroatoms. The first kappa shape index (κ1) is 13.4. The molecule has 1 aliphatic carbocycles. The summed E-state index contributed by atoms with van der Waals surface area (Å²) in [6, 6.07) is 8.27. The van der Waals surface area contributed by atoms with Gasteiger partial charge in [-0.1, -0.05) is 28.1 Å². The van der Waals surface area contributed by atoms with Crippen LogP contribution in [0.3, 0.4) is 0 Å². The smallest absolute Gasteiger partial charge is 0.255 e. The summed E-state index contributed by atoms with van der Waals surface area (Å²) in [5.74, 6) is 0.493. The Morgan fingerprint density at radius 1 is 1.45 bits per heavy atom. The van der Waals surface area contributed by atoms with E-state index in [1.807, 2.05) is 12.1 Å². The second kappa shape index (κ2) is 5.40. The minimum absolute atomic E-state index is 0.0774. The van der Waals surface area contributed by atoms with Gasteiger partial charge in [-0.05, 0) is 43.4 Å². The second-order valence-electron chi connectivity index (χ2n) is 5.24. The van der Waals surface area contributed by atoms with Gasteiger partial charge in [-0.15, -0.1) is 0 Å². The fourth-order valence-electron chi connectivity index (χ4n) is 2.92. The number of H-pyrrole nitrogens is 1. The van der Waals surface area contributed by atoms with Gasteiger partial charge >= 0.3 is 0 Å². The fourth-order valence-corrected chi connectivity index (χ4v) is 3.37. The van der Waals surface area contributed by atoms with Crippen molar-refractivity contribution < 1.29 is 0 Å². The summed E-state index contributed by atoms with van der Waals surface area (Å²) < 4.78 is 1.07. The van der Waals surface area contributed by atoms with Gasteiger partial charge in [0.2, 0.25) is 5.95 Å². The number of fused-ring (bicyclic) bond motifs is 1. The molecule has 0 unspecified atom stereocenters. The highest BCUT2D eigenvalue weighted by Gasteiger charge is 2.24. The van der Waals surface area contributed by atoms with Crippen molar-refractivity contribution in [3.8, 4) is 0 Å². The Hall–Kier alpha value is -1.62. The average molecular weight is 334 g/mol. The summed E-state index contributed by atoms with van der Waals surface area (Å²) in [5, 5.41) is 0. The maximum Gasteiger partial charge on any atom is 0.255 e. The Morgan fingerprint density at radius 3 is 3.10 bits per heavy atom. The van der Waals surface area contributed by atoms with E-state index in [1.54, 1.807) is 0 Å². The lowest BCUT2D eigenvalue weighted by Crippen LogP contribution is -2.25. The van der Waals surface area contributed by atoms with Crippen molar-refractivity contribution in [1.29, 1.82) is 0 Å². The molecular weight excluding hydrogens is 318 g/mol.